The lowest BCUT2D eigenvalue weighted by atomic mass is 9.87. The van der Waals surface area contributed by atoms with Gasteiger partial charge >= 0.3 is 0 Å². The quantitative estimate of drug-likeness (QED) is 0.629. The summed E-state index contributed by atoms with van der Waals surface area (Å²) in [5.41, 5.74) is -0.711. The highest BCUT2D eigenvalue weighted by Gasteiger charge is 2.56. The van der Waals surface area contributed by atoms with Crippen LogP contribution in [0.2, 0.25) is 0 Å². The van der Waals surface area contributed by atoms with E-state index in [4.69, 9.17) is 4.74 Å². The Kier molecular flexibility index (Phi) is 2.14. The van der Waals surface area contributed by atoms with Gasteiger partial charge in [-0.15, -0.1) is 0 Å². The molecule has 4 nitrogen and oxygen atoms in total. The lowest BCUT2D eigenvalue weighted by molar-refractivity contribution is -0.135. The van der Waals surface area contributed by atoms with E-state index in [2.05, 4.69) is 4.90 Å². The predicted molar refractivity (Wildman–Crippen MR) is 46.4 cm³/mol. The molecule has 3 atom stereocenters. The molecule has 74 valence electrons. The number of nitrogens with zero attached hydrogens (tertiary/aromatic N) is 1. The Labute approximate surface area is 77.5 Å². The first-order chi connectivity index (χ1) is 6.24. The van der Waals surface area contributed by atoms with E-state index in [1.54, 1.807) is 7.11 Å². The van der Waals surface area contributed by atoms with Crippen LogP contribution in [0, 0.1) is 5.92 Å². The van der Waals surface area contributed by atoms with Gasteiger partial charge in [0.05, 0.1) is 13.2 Å². The minimum Gasteiger partial charge on any atom is -0.394 e. The van der Waals surface area contributed by atoms with Gasteiger partial charge in [0.15, 0.2) is 5.78 Å². The molecular weight excluding hydrogens is 170 g/mol. The van der Waals surface area contributed by atoms with Crippen LogP contribution in [-0.4, -0.2) is 54.7 Å². The van der Waals surface area contributed by atoms with Crippen molar-refractivity contribution in [3.8, 4) is 0 Å². The third-order valence-corrected chi connectivity index (χ3v) is 3.27. The highest BCUT2D eigenvalue weighted by atomic mass is 16.5. The number of piperidine rings is 1. The Bertz CT molecular complexity index is 231. The van der Waals surface area contributed by atoms with Gasteiger partial charge in [-0.05, 0) is 6.42 Å². The van der Waals surface area contributed by atoms with E-state index >= 15 is 0 Å². The van der Waals surface area contributed by atoms with Gasteiger partial charge in [0.25, 0.3) is 0 Å². The maximum Gasteiger partial charge on any atom is 0.162 e. The zero-order chi connectivity index (χ0) is 9.47. The molecule has 0 aromatic carbocycles. The van der Waals surface area contributed by atoms with Crippen molar-refractivity contribution in [2.45, 2.75) is 12.0 Å². The monoisotopic (exact) mass is 185 g/mol. The van der Waals surface area contributed by atoms with Crippen LogP contribution >= 0.6 is 0 Å². The first kappa shape index (κ1) is 9.12. The molecule has 1 unspecified atom stereocenters. The molecule has 0 amide bonds. The third kappa shape index (κ3) is 1.06. The Morgan fingerprint density at radius 3 is 3.00 bits per heavy atom. The Hall–Kier alpha value is -0.450. The van der Waals surface area contributed by atoms with E-state index in [1.165, 1.54) is 0 Å². The lowest BCUT2D eigenvalue weighted by Gasteiger charge is -2.35. The number of carbonyl (C=O) groups excluding carboxylic acids is 1. The molecule has 2 heterocycles. The van der Waals surface area contributed by atoms with Crippen molar-refractivity contribution in [3.05, 3.63) is 0 Å². The van der Waals surface area contributed by atoms with Gasteiger partial charge in [0, 0.05) is 26.1 Å². The number of methoxy groups -OCH3 is 1. The van der Waals surface area contributed by atoms with Crippen LogP contribution in [0.5, 0.6) is 0 Å². The molecule has 13 heavy (non-hydrogen) atoms. The van der Waals surface area contributed by atoms with E-state index in [0.29, 0.717) is 6.61 Å². The van der Waals surface area contributed by atoms with Crippen molar-refractivity contribution in [2.24, 2.45) is 5.92 Å². The molecule has 1 N–H and O–H groups in total. The van der Waals surface area contributed by atoms with Crippen LogP contribution in [0.4, 0.5) is 0 Å². The van der Waals surface area contributed by atoms with Crippen molar-refractivity contribution in [1.29, 1.82) is 0 Å². The zero-order valence-corrected chi connectivity index (χ0v) is 7.82. The highest BCUT2D eigenvalue weighted by molar-refractivity contribution is 5.94. The highest BCUT2D eigenvalue weighted by Crippen LogP contribution is 2.37. The third-order valence-electron chi connectivity index (χ3n) is 3.27. The fourth-order valence-corrected chi connectivity index (χ4v) is 2.52. The summed E-state index contributed by atoms with van der Waals surface area (Å²) in [5.74, 6) is 0.311. The van der Waals surface area contributed by atoms with Crippen LogP contribution in [0.15, 0.2) is 0 Å². The number of ether oxygens (including phenoxy) is 1. The fourth-order valence-electron chi connectivity index (χ4n) is 2.52. The summed E-state index contributed by atoms with van der Waals surface area (Å²) in [7, 11) is 1.57. The van der Waals surface area contributed by atoms with Crippen LogP contribution in [0.25, 0.3) is 0 Å². The van der Waals surface area contributed by atoms with E-state index in [9.17, 15) is 9.90 Å². The Morgan fingerprint density at radius 1 is 1.77 bits per heavy atom. The number of hydrogen-bond acceptors (Lipinski definition) is 4. The van der Waals surface area contributed by atoms with Crippen LogP contribution in [0.3, 0.4) is 0 Å². The summed E-state index contributed by atoms with van der Waals surface area (Å²) < 4.78 is 5.02. The zero-order valence-electron chi connectivity index (χ0n) is 7.82. The van der Waals surface area contributed by atoms with Gasteiger partial charge in [-0.25, -0.2) is 0 Å². The minimum atomic E-state index is -0.711. The smallest absolute Gasteiger partial charge is 0.162 e. The topological polar surface area (TPSA) is 49.8 Å². The first-order valence-electron chi connectivity index (χ1n) is 4.64. The normalized spacial score (nSPS) is 43.1. The molecule has 2 aliphatic heterocycles. The molecule has 0 spiro atoms. The van der Waals surface area contributed by atoms with Gasteiger partial charge in [-0.2, -0.15) is 0 Å². The Balaban J connectivity index is 2.24. The lowest BCUT2D eigenvalue weighted by Crippen LogP contribution is -2.57. The molecule has 4 heteroatoms. The first-order valence-corrected chi connectivity index (χ1v) is 4.64. The summed E-state index contributed by atoms with van der Waals surface area (Å²) in [4.78, 5) is 13.9. The van der Waals surface area contributed by atoms with E-state index in [0.717, 1.165) is 19.5 Å². The maximum absolute atomic E-state index is 11.8. The molecule has 2 bridgehead atoms. The van der Waals surface area contributed by atoms with Crippen LogP contribution in [0.1, 0.15) is 6.42 Å². The number of carbonyl (C=O) groups is 1. The second-order valence-corrected chi connectivity index (χ2v) is 3.92. The Morgan fingerprint density at radius 2 is 2.54 bits per heavy atom. The van der Waals surface area contributed by atoms with Crippen molar-refractivity contribution >= 4 is 5.78 Å². The van der Waals surface area contributed by atoms with Gasteiger partial charge in [-0.3, -0.25) is 9.69 Å². The van der Waals surface area contributed by atoms with Crippen molar-refractivity contribution in [3.63, 3.8) is 0 Å². The van der Waals surface area contributed by atoms with Crippen molar-refractivity contribution < 1.29 is 14.6 Å². The van der Waals surface area contributed by atoms with Crippen LogP contribution in [-0.2, 0) is 9.53 Å². The molecule has 2 fully saturated rings. The summed E-state index contributed by atoms with van der Waals surface area (Å²) in [5, 5.41) is 9.30. The van der Waals surface area contributed by atoms with Crippen molar-refractivity contribution in [1.82, 2.24) is 4.90 Å². The van der Waals surface area contributed by atoms with Gasteiger partial charge in [-0.1, -0.05) is 0 Å². The molecule has 2 saturated heterocycles. The number of ketones is 1. The average Bonchev–Trinajstić information content (AvgIpc) is 2.69. The number of aliphatic hydroxyl groups excluding tert-OH is 1. The maximum atomic E-state index is 11.8. The molecule has 0 radical (unpaired) electrons. The molecule has 0 aliphatic carbocycles. The molecule has 0 aromatic heterocycles. The number of aliphatic hydroxyl groups is 1. The number of fused-ring (bicyclic) bond motifs is 2. The molecule has 2 rings (SSSR count). The summed E-state index contributed by atoms with van der Waals surface area (Å²) in [6.07, 6.45) is 0.949. The SMILES string of the molecule is COC[C@@]1(CO)C(=O)[C@@H]2CCN1C2. The van der Waals surface area contributed by atoms with Crippen LogP contribution < -0.4 is 0 Å². The minimum absolute atomic E-state index is 0.115. The van der Waals surface area contributed by atoms with Gasteiger partial charge in [0.2, 0.25) is 0 Å². The second kappa shape index (κ2) is 3.04. The van der Waals surface area contributed by atoms with E-state index in [1.807, 2.05) is 0 Å². The predicted octanol–water partition coefficient (Wildman–Crippen LogP) is -0.731. The standard InChI is InChI=1S/C9H15NO3/c1-13-6-9(5-11)8(12)7-2-3-10(9)4-7/h7,11H,2-6H2,1H3/t7-,9+/m1/s1. The van der Waals surface area contributed by atoms with E-state index < -0.39 is 5.54 Å². The number of Topliss-reactive ketones (excluding diaryl/α,β-unsaturated/α-hetero) is 1. The molecule has 0 saturated carbocycles. The second-order valence-electron chi connectivity index (χ2n) is 3.92. The van der Waals surface area contributed by atoms with Gasteiger partial charge in [0.1, 0.15) is 5.54 Å². The largest absolute Gasteiger partial charge is 0.394 e. The average molecular weight is 185 g/mol. The molecule has 0 aromatic rings. The number of rotatable bonds is 3. The fraction of sp³-hybridized carbons (Fsp3) is 0.889. The summed E-state index contributed by atoms with van der Waals surface area (Å²) in [6, 6.07) is 0. The van der Waals surface area contributed by atoms with Gasteiger partial charge < -0.3 is 9.84 Å². The summed E-state index contributed by atoms with van der Waals surface area (Å²) in [6.45, 7) is 1.93. The van der Waals surface area contributed by atoms with E-state index in [-0.39, 0.29) is 18.3 Å². The molecular formula is C9H15NO3. The molecule has 2 aliphatic rings. The van der Waals surface area contributed by atoms with Crippen molar-refractivity contribution in [2.75, 3.05) is 33.4 Å². The number of hydrogen-bond donors (Lipinski definition) is 1. The summed E-state index contributed by atoms with van der Waals surface area (Å²) >= 11 is 0.